The van der Waals surface area contributed by atoms with Crippen molar-refractivity contribution in [3.63, 3.8) is 0 Å². The van der Waals surface area contributed by atoms with Crippen LogP contribution in [0, 0.1) is 5.92 Å². The number of H-pyrrole nitrogens is 1. The number of rotatable bonds is 7. The first-order valence-electron chi connectivity index (χ1n) is 8.95. The summed E-state index contributed by atoms with van der Waals surface area (Å²) in [5, 5.41) is 10.7. The van der Waals surface area contributed by atoms with Crippen molar-refractivity contribution in [1.29, 1.82) is 0 Å². The highest BCUT2D eigenvalue weighted by Gasteiger charge is 2.30. The predicted octanol–water partition coefficient (Wildman–Crippen LogP) is 2.86. The molecule has 2 N–H and O–H groups in total. The van der Waals surface area contributed by atoms with Crippen LogP contribution < -0.4 is 5.32 Å². The van der Waals surface area contributed by atoms with Crippen molar-refractivity contribution in [3.05, 3.63) is 42.2 Å². The molecule has 24 heavy (non-hydrogen) atoms. The van der Waals surface area contributed by atoms with Gasteiger partial charge >= 0.3 is 0 Å². The van der Waals surface area contributed by atoms with E-state index in [-0.39, 0.29) is 6.04 Å². The molecule has 6 nitrogen and oxygen atoms in total. The van der Waals surface area contributed by atoms with Crippen molar-refractivity contribution in [1.82, 2.24) is 25.5 Å². The molecular formula is C18H27N5O. The fraction of sp³-hybridized carbons (Fsp3) is 0.611. The van der Waals surface area contributed by atoms with Gasteiger partial charge in [0, 0.05) is 18.8 Å². The van der Waals surface area contributed by atoms with E-state index >= 15 is 0 Å². The summed E-state index contributed by atoms with van der Waals surface area (Å²) in [5.41, 5.74) is 0.958. The molecule has 0 aliphatic carbocycles. The lowest BCUT2D eigenvalue weighted by molar-refractivity contribution is -0.0359. The number of nitrogens with zero attached hydrogens (tertiary/aromatic N) is 3. The van der Waals surface area contributed by atoms with Crippen LogP contribution >= 0.6 is 0 Å². The largest absolute Gasteiger partial charge is 0.378 e. The first-order chi connectivity index (χ1) is 11.8. The minimum atomic E-state index is -0.0702. The van der Waals surface area contributed by atoms with Crippen LogP contribution in [0.1, 0.15) is 57.1 Å². The normalized spacial score (nSPS) is 22.6. The molecule has 3 rings (SSSR count). The van der Waals surface area contributed by atoms with E-state index in [2.05, 4.69) is 39.3 Å². The average molecular weight is 329 g/mol. The van der Waals surface area contributed by atoms with Gasteiger partial charge in [-0.05, 0) is 30.9 Å². The maximum atomic E-state index is 6.04. The molecule has 0 aromatic carbocycles. The van der Waals surface area contributed by atoms with E-state index in [4.69, 9.17) is 4.74 Å². The van der Waals surface area contributed by atoms with E-state index in [9.17, 15) is 0 Å². The summed E-state index contributed by atoms with van der Waals surface area (Å²) in [6, 6.07) is 6.28. The van der Waals surface area contributed by atoms with Crippen molar-refractivity contribution in [2.24, 2.45) is 5.92 Å². The highest BCUT2D eigenvalue weighted by atomic mass is 16.5. The number of pyridine rings is 1. The van der Waals surface area contributed by atoms with Gasteiger partial charge in [0.05, 0.1) is 11.8 Å². The molecule has 6 heteroatoms. The average Bonchev–Trinajstić information content (AvgIpc) is 3.16. The molecule has 3 atom stereocenters. The molecule has 0 spiro atoms. The van der Waals surface area contributed by atoms with E-state index in [0.29, 0.717) is 18.1 Å². The van der Waals surface area contributed by atoms with Crippen LogP contribution in [-0.4, -0.2) is 38.9 Å². The highest BCUT2D eigenvalue weighted by Crippen LogP contribution is 2.27. The van der Waals surface area contributed by atoms with Gasteiger partial charge in [-0.2, -0.15) is 5.10 Å². The van der Waals surface area contributed by atoms with Crippen molar-refractivity contribution in [2.75, 3.05) is 6.61 Å². The third-order valence-electron chi connectivity index (χ3n) is 4.98. The second kappa shape index (κ2) is 8.35. The molecule has 3 unspecified atom stereocenters. The number of ether oxygens (including phenoxy) is 1. The Hall–Kier alpha value is -1.79. The van der Waals surface area contributed by atoms with Gasteiger partial charge in [0.2, 0.25) is 0 Å². The van der Waals surface area contributed by atoms with Crippen LogP contribution in [0.25, 0.3) is 0 Å². The fourth-order valence-corrected chi connectivity index (χ4v) is 3.56. The molecule has 2 aromatic heterocycles. The Bertz CT molecular complexity index is 585. The van der Waals surface area contributed by atoms with Crippen molar-refractivity contribution < 1.29 is 4.74 Å². The lowest BCUT2D eigenvalue weighted by atomic mass is 9.89. The standard InChI is InChI=1S/C18H27N5O/c1-3-13(4-2)16-11-14(8-10-24-16)22-17(18-20-12-21-23-18)15-7-5-6-9-19-15/h5-7,9,12-14,16-17,22H,3-4,8,10-11H2,1-2H3,(H,20,21,23). The van der Waals surface area contributed by atoms with Gasteiger partial charge < -0.3 is 4.74 Å². The Kier molecular flexibility index (Phi) is 5.93. The number of hydrogen-bond acceptors (Lipinski definition) is 5. The summed E-state index contributed by atoms with van der Waals surface area (Å²) < 4.78 is 6.04. The zero-order chi connectivity index (χ0) is 16.8. The highest BCUT2D eigenvalue weighted by molar-refractivity contribution is 5.16. The molecule has 1 aliphatic heterocycles. The van der Waals surface area contributed by atoms with E-state index in [0.717, 1.165) is 31.0 Å². The van der Waals surface area contributed by atoms with E-state index in [1.54, 1.807) is 6.33 Å². The van der Waals surface area contributed by atoms with Gasteiger partial charge in [0.15, 0.2) is 0 Å². The molecular weight excluding hydrogens is 302 g/mol. The van der Waals surface area contributed by atoms with Crippen molar-refractivity contribution in [3.8, 4) is 0 Å². The molecule has 1 aliphatic rings. The number of aromatic amines is 1. The summed E-state index contributed by atoms with van der Waals surface area (Å²) in [6.07, 6.45) is 8.07. The van der Waals surface area contributed by atoms with Gasteiger partial charge in [0.1, 0.15) is 18.2 Å². The Morgan fingerprint density at radius 2 is 2.17 bits per heavy atom. The smallest absolute Gasteiger partial charge is 0.147 e. The van der Waals surface area contributed by atoms with Crippen molar-refractivity contribution >= 4 is 0 Å². The molecule has 1 fully saturated rings. The number of aromatic nitrogens is 4. The van der Waals surface area contributed by atoms with E-state index in [1.165, 1.54) is 12.8 Å². The zero-order valence-electron chi connectivity index (χ0n) is 14.5. The predicted molar refractivity (Wildman–Crippen MR) is 92.4 cm³/mol. The van der Waals surface area contributed by atoms with Gasteiger partial charge in [-0.15, -0.1) is 0 Å². The molecule has 2 aromatic rings. The molecule has 130 valence electrons. The third-order valence-corrected chi connectivity index (χ3v) is 4.98. The summed E-state index contributed by atoms with van der Waals surface area (Å²) >= 11 is 0. The number of nitrogens with one attached hydrogen (secondary N) is 2. The number of hydrogen-bond donors (Lipinski definition) is 2. The van der Waals surface area contributed by atoms with Crippen LogP contribution in [0.5, 0.6) is 0 Å². The molecule has 0 amide bonds. The summed E-state index contributed by atoms with van der Waals surface area (Å²) in [5.74, 6) is 1.44. The quantitative estimate of drug-likeness (QED) is 0.817. The maximum Gasteiger partial charge on any atom is 0.147 e. The first-order valence-corrected chi connectivity index (χ1v) is 8.95. The summed E-state index contributed by atoms with van der Waals surface area (Å²) in [7, 11) is 0. The molecule has 0 saturated carbocycles. The summed E-state index contributed by atoms with van der Waals surface area (Å²) in [4.78, 5) is 8.85. The van der Waals surface area contributed by atoms with Crippen LogP contribution in [0.15, 0.2) is 30.7 Å². The minimum absolute atomic E-state index is 0.0702. The lowest BCUT2D eigenvalue weighted by Gasteiger charge is -2.36. The third kappa shape index (κ3) is 3.99. The maximum absolute atomic E-state index is 6.04. The van der Waals surface area contributed by atoms with Crippen molar-refractivity contribution in [2.45, 2.75) is 57.7 Å². The fourth-order valence-electron chi connectivity index (χ4n) is 3.56. The van der Waals surface area contributed by atoms with Gasteiger partial charge in [-0.1, -0.05) is 32.8 Å². The molecule has 1 saturated heterocycles. The molecule has 0 bridgehead atoms. The monoisotopic (exact) mass is 329 g/mol. The topological polar surface area (TPSA) is 75.7 Å². The van der Waals surface area contributed by atoms with Gasteiger partial charge in [0.25, 0.3) is 0 Å². The molecule has 0 radical (unpaired) electrons. The van der Waals surface area contributed by atoms with Crippen LogP contribution in [-0.2, 0) is 4.74 Å². The van der Waals surface area contributed by atoms with Crippen LogP contribution in [0.2, 0.25) is 0 Å². The lowest BCUT2D eigenvalue weighted by Crippen LogP contribution is -2.43. The second-order valence-corrected chi connectivity index (χ2v) is 6.43. The first kappa shape index (κ1) is 17.0. The Morgan fingerprint density at radius 3 is 2.83 bits per heavy atom. The van der Waals surface area contributed by atoms with Gasteiger partial charge in [-0.3, -0.25) is 15.4 Å². The van der Waals surface area contributed by atoms with E-state index in [1.807, 2.05) is 24.4 Å². The molecule has 3 heterocycles. The summed E-state index contributed by atoms with van der Waals surface area (Å²) in [6.45, 7) is 5.31. The van der Waals surface area contributed by atoms with Crippen LogP contribution in [0.3, 0.4) is 0 Å². The van der Waals surface area contributed by atoms with Crippen LogP contribution in [0.4, 0.5) is 0 Å². The van der Waals surface area contributed by atoms with Gasteiger partial charge in [-0.25, -0.2) is 4.98 Å². The minimum Gasteiger partial charge on any atom is -0.378 e. The Morgan fingerprint density at radius 1 is 1.29 bits per heavy atom. The van der Waals surface area contributed by atoms with E-state index < -0.39 is 0 Å². The SMILES string of the molecule is CCC(CC)C1CC(NC(c2ccccn2)c2ncn[nH]2)CCO1. The zero-order valence-corrected chi connectivity index (χ0v) is 14.5. The second-order valence-electron chi connectivity index (χ2n) is 6.43. The Labute approximate surface area is 143 Å². The Balaban J connectivity index is 1.73.